The third kappa shape index (κ3) is 4.20. The summed E-state index contributed by atoms with van der Waals surface area (Å²) in [5.74, 6) is 1.96. The highest BCUT2D eigenvalue weighted by molar-refractivity contribution is 7.89. The van der Waals surface area contributed by atoms with Gasteiger partial charge in [0.1, 0.15) is 11.5 Å². The van der Waals surface area contributed by atoms with E-state index >= 15 is 0 Å². The summed E-state index contributed by atoms with van der Waals surface area (Å²) in [6.07, 6.45) is 0. The van der Waals surface area contributed by atoms with Gasteiger partial charge in [-0.2, -0.15) is 0 Å². The maximum atomic E-state index is 12.8. The fourth-order valence-electron chi connectivity index (χ4n) is 2.53. The lowest BCUT2D eigenvalue weighted by Gasteiger charge is -2.19. The molecule has 0 saturated heterocycles. The van der Waals surface area contributed by atoms with E-state index in [1.807, 2.05) is 0 Å². The molecule has 0 aliphatic heterocycles. The van der Waals surface area contributed by atoms with Gasteiger partial charge in [-0.05, 0) is 37.3 Å². The van der Waals surface area contributed by atoms with Crippen molar-refractivity contribution in [3.8, 4) is 23.0 Å². The van der Waals surface area contributed by atoms with E-state index in [0.717, 1.165) is 0 Å². The van der Waals surface area contributed by atoms with Gasteiger partial charge in [0.05, 0.1) is 33.3 Å². The van der Waals surface area contributed by atoms with Crippen molar-refractivity contribution < 1.29 is 27.4 Å². The molecule has 26 heavy (non-hydrogen) atoms. The Balaban J connectivity index is 2.35. The van der Waals surface area contributed by atoms with Gasteiger partial charge in [0.25, 0.3) is 0 Å². The van der Waals surface area contributed by atoms with E-state index in [1.54, 1.807) is 38.3 Å². The molecule has 0 aliphatic carbocycles. The Hall–Kier alpha value is -2.45. The van der Waals surface area contributed by atoms with Crippen LogP contribution in [0.25, 0.3) is 0 Å². The Labute approximate surface area is 153 Å². The Morgan fingerprint density at radius 2 is 1.42 bits per heavy atom. The van der Waals surface area contributed by atoms with E-state index in [-0.39, 0.29) is 4.90 Å². The third-order valence-corrected chi connectivity index (χ3v) is 5.44. The molecule has 0 bridgehead atoms. The van der Waals surface area contributed by atoms with Gasteiger partial charge in [0, 0.05) is 17.7 Å². The molecule has 1 N–H and O–H groups in total. The number of hydrogen-bond acceptors (Lipinski definition) is 6. The molecule has 0 aromatic heterocycles. The van der Waals surface area contributed by atoms with Gasteiger partial charge in [0.15, 0.2) is 11.5 Å². The SMILES string of the molecule is COc1ccc(OC)c([C@H](C)NS(=O)(=O)c2ccc(OC)c(OC)c2)c1. The lowest BCUT2D eigenvalue weighted by Crippen LogP contribution is -2.27. The number of methoxy groups -OCH3 is 4. The van der Waals surface area contributed by atoms with Crippen LogP contribution in [0.5, 0.6) is 23.0 Å². The second-order valence-corrected chi connectivity index (χ2v) is 7.18. The van der Waals surface area contributed by atoms with Crippen LogP contribution in [0.1, 0.15) is 18.5 Å². The van der Waals surface area contributed by atoms with E-state index in [9.17, 15) is 8.42 Å². The molecule has 0 spiro atoms. The van der Waals surface area contributed by atoms with E-state index in [1.165, 1.54) is 33.5 Å². The highest BCUT2D eigenvalue weighted by Gasteiger charge is 2.22. The maximum Gasteiger partial charge on any atom is 0.241 e. The molecule has 7 nitrogen and oxygen atoms in total. The zero-order chi connectivity index (χ0) is 19.3. The molecule has 0 unspecified atom stereocenters. The number of nitrogens with one attached hydrogen (secondary N) is 1. The highest BCUT2D eigenvalue weighted by Crippen LogP contribution is 2.32. The minimum absolute atomic E-state index is 0.0730. The lowest BCUT2D eigenvalue weighted by atomic mass is 10.1. The van der Waals surface area contributed by atoms with Gasteiger partial charge in [-0.25, -0.2) is 13.1 Å². The van der Waals surface area contributed by atoms with Crippen LogP contribution in [-0.4, -0.2) is 36.9 Å². The van der Waals surface area contributed by atoms with Crippen molar-refractivity contribution in [2.24, 2.45) is 0 Å². The average Bonchev–Trinajstić information content (AvgIpc) is 2.66. The summed E-state index contributed by atoms with van der Waals surface area (Å²) in [6.45, 7) is 1.73. The van der Waals surface area contributed by atoms with Crippen molar-refractivity contribution in [3.63, 3.8) is 0 Å². The van der Waals surface area contributed by atoms with Crippen LogP contribution in [-0.2, 0) is 10.0 Å². The summed E-state index contributed by atoms with van der Waals surface area (Å²) in [5, 5.41) is 0. The zero-order valence-corrected chi connectivity index (χ0v) is 16.2. The number of ether oxygens (including phenoxy) is 4. The van der Waals surface area contributed by atoms with Crippen molar-refractivity contribution in [2.75, 3.05) is 28.4 Å². The average molecular weight is 381 g/mol. The van der Waals surface area contributed by atoms with Gasteiger partial charge in [-0.3, -0.25) is 0 Å². The first-order valence-corrected chi connectivity index (χ1v) is 9.31. The monoisotopic (exact) mass is 381 g/mol. The van der Waals surface area contributed by atoms with E-state index < -0.39 is 16.1 Å². The van der Waals surface area contributed by atoms with Crippen LogP contribution in [0.4, 0.5) is 0 Å². The van der Waals surface area contributed by atoms with Gasteiger partial charge < -0.3 is 18.9 Å². The van der Waals surface area contributed by atoms with Crippen molar-refractivity contribution in [1.82, 2.24) is 4.72 Å². The van der Waals surface area contributed by atoms with Crippen molar-refractivity contribution >= 4 is 10.0 Å². The molecule has 142 valence electrons. The molecule has 0 radical (unpaired) electrons. The Kier molecular flexibility index (Phi) is 6.33. The predicted molar refractivity (Wildman–Crippen MR) is 97.8 cm³/mol. The smallest absolute Gasteiger partial charge is 0.241 e. The molecule has 1 atom stereocenters. The van der Waals surface area contributed by atoms with Crippen LogP contribution in [0.15, 0.2) is 41.3 Å². The van der Waals surface area contributed by atoms with E-state index in [0.29, 0.717) is 28.6 Å². The highest BCUT2D eigenvalue weighted by atomic mass is 32.2. The van der Waals surface area contributed by atoms with Crippen LogP contribution in [0.2, 0.25) is 0 Å². The molecule has 2 aromatic rings. The normalized spacial score (nSPS) is 12.3. The molecule has 2 rings (SSSR count). The number of sulfonamides is 1. The Morgan fingerprint density at radius 1 is 0.808 bits per heavy atom. The summed E-state index contributed by atoms with van der Waals surface area (Å²) in [4.78, 5) is 0.0730. The second-order valence-electron chi connectivity index (χ2n) is 5.47. The van der Waals surface area contributed by atoms with Crippen molar-refractivity contribution in [3.05, 3.63) is 42.0 Å². The summed E-state index contributed by atoms with van der Waals surface area (Å²) in [7, 11) is 2.22. The second kappa shape index (κ2) is 8.29. The quantitative estimate of drug-likeness (QED) is 0.757. The summed E-state index contributed by atoms with van der Waals surface area (Å²) < 4.78 is 49.0. The molecule has 0 saturated carbocycles. The fourth-order valence-corrected chi connectivity index (χ4v) is 3.76. The van der Waals surface area contributed by atoms with Gasteiger partial charge in [-0.1, -0.05) is 0 Å². The minimum Gasteiger partial charge on any atom is -0.497 e. The number of hydrogen-bond donors (Lipinski definition) is 1. The zero-order valence-electron chi connectivity index (χ0n) is 15.4. The van der Waals surface area contributed by atoms with Gasteiger partial charge >= 0.3 is 0 Å². The molecule has 0 amide bonds. The molecule has 0 aliphatic rings. The third-order valence-electron chi connectivity index (χ3n) is 3.90. The lowest BCUT2D eigenvalue weighted by molar-refractivity contribution is 0.354. The molecular formula is C18H23NO6S. The van der Waals surface area contributed by atoms with Crippen molar-refractivity contribution in [1.29, 1.82) is 0 Å². The van der Waals surface area contributed by atoms with Crippen molar-refractivity contribution in [2.45, 2.75) is 17.9 Å². The largest absolute Gasteiger partial charge is 0.497 e. The van der Waals surface area contributed by atoms with E-state index in [4.69, 9.17) is 18.9 Å². The number of benzene rings is 2. The standard InChI is InChI=1S/C18H23NO6S/c1-12(15-10-13(22-2)6-8-16(15)23-3)19-26(20,21)14-7-9-17(24-4)18(11-14)25-5/h6-12,19H,1-5H3/t12-/m0/s1. The molecule has 8 heteroatoms. The first kappa shape index (κ1) is 19.9. The van der Waals surface area contributed by atoms with Crippen LogP contribution < -0.4 is 23.7 Å². The fraction of sp³-hybridized carbons (Fsp3) is 0.333. The molecule has 0 fully saturated rings. The Bertz CT molecular complexity index is 866. The van der Waals surface area contributed by atoms with Crippen LogP contribution in [0.3, 0.4) is 0 Å². The number of rotatable bonds is 8. The maximum absolute atomic E-state index is 12.8. The predicted octanol–water partition coefficient (Wildman–Crippen LogP) is 2.76. The molecule has 2 aromatic carbocycles. The van der Waals surface area contributed by atoms with Gasteiger partial charge in [-0.15, -0.1) is 0 Å². The topological polar surface area (TPSA) is 83.1 Å². The van der Waals surface area contributed by atoms with Crippen LogP contribution >= 0.6 is 0 Å². The molecular weight excluding hydrogens is 358 g/mol. The molecule has 0 heterocycles. The Morgan fingerprint density at radius 3 is 2.00 bits per heavy atom. The van der Waals surface area contributed by atoms with E-state index in [2.05, 4.69) is 4.72 Å². The first-order valence-electron chi connectivity index (χ1n) is 7.82. The summed E-state index contributed by atoms with van der Waals surface area (Å²) in [5.41, 5.74) is 0.663. The van der Waals surface area contributed by atoms with Gasteiger partial charge in [0.2, 0.25) is 10.0 Å². The minimum atomic E-state index is -3.79. The van der Waals surface area contributed by atoms with Crippen LogP contribution in [0, 0.1) is 0 Å². The summed E-state index contributed by atoms with van der Waals surface area (Å²) >= 11 is 0. The summed E-state index contributed by atoms with van der Waals surface area (Å²) in [6, 6.07) is 9.09. The first-order chi connectivity index (χ1) is 12.4.